The standard InChI is InChI=1S/C19H15ClF3N5O.ClH/c1-11-7-12(5-6-24-11)9-25-17(29)15-10-26-18(28-16(15)19(21,22)23)27-14-4-2-3-13(20)8-14;/h2-8,10H,9H2,1H3,(H,25,29)(H,26,27,28);1H. The molecule has 2 heterocycles. The minimum atomic E-state index is -4.84. The van der Waals surface area contributed by atoms with Gasteiger partial charge in [0.25, 0.3) is 5.91 Å². The van der Waals surface area contributed by atoms with Gasteiger partial charge >= 0.3 is 6.18 Å². The van der Waals surface area contributed by atoms with Crippen LogP contribution in [0.25, 0.3) is 0 Å². The zero-order chi connectivity index (χ0) is 21.0. The number of hydrogen-bond donors (Lipinski definition) is 2. The number of carbonyl (C=O) groups is 1. The molecule has 0 saturated heterocycles. The van der Waals surface area contributed by atoms with Gasteiger partial charge in [0.1, 0.15) is 0 Å². The van der Waals surface area contributed by atoms with E-state index in [-0.39, 0.29) is 24.9 Å². The third-order valence-electron chi connectivity index (χ3n) is 3.80. The molecule has 2 N–H and O–H groups in total. The molecule has 1 aromatic carbocycles. The van der Waals surface area contributed by atoms with E-state index in [9.17, 15) is 18.0 Å². The Kier molecular flexibility index (Phi) is 7.58. The Hall–Kier alpha value is -2.91. The Balaban J connectivity index is 0.00000320. The number of hydrogen-bond acceptors (Lipinski definition) is 5. The number of alkyl halides is 3. The highest BCUT2D eigenvalue weighted by Crippen LogP contribution is 2.31. The molecule has 0 fully saturated rings. The van der Waals surface area contributed by atoms with E-state index < -0.39 is 23.3 Å². The van der Waals surface area contributed by atoms with Crippen molar-refractivity contribution in [1.82, 2.24) is 20.3 Å². The van der Waals surface area contributed by atoms with Gasteiger partial charge in [0.15, 0.2) is 5.69 Å². The first-order valence-corrected chi connectivity index (χ1v) is 8.77. The average Bonchev–Trinajstić information content (AvgIpc) is 2.65. The van der Waals surface area contributed by atoms with Crippen molar-refractivity contribution in [3.05, 3.63) is 76.3 Å². The summed E-state index contributed by atoms with van der Waals surface area (Å²) in [6, 6.07) is 9.73. The van der Waals surface area contributed by atoms with Crippen LogP contribution in [0.5, 0.6) is 0 Å². The van der Waals surface area contributed by atoms with Gasteiger partial charge in [-0.3, -0.25) is 9.78 Å². The lowest BCUT2D eigenvalue weighted by atomic mass is 10.2. The lowest BCUT2D eigenvalue weighted by Crippen LogP contribution is -2.27. The predicted molar refractivity (Wildman–Crippen MR) is 109 cm³/mol. The first kappa shape index (κ1) is 23.4. The third kappa shape index (κ3) is 6.04. The van der Waals surface area contributed by atoms with Gasteiger partial charge in [-0.15, -0.1) is 12.4 Å². The molecule has 1 amide bonds. The van der Waals surface area contributed by atoms with Crippen molar-refractivity contribution in [3.8, 4) is 0 Å². The van der Waals surface area contributed by atoms with Gasteiger partial charge < -0.3 is 10.6 Å². The van der Waals surface area contributed by atoms with Crippen LogP contribution in [0.4, 0.5) is 24.8 Å². The smallest absolute Gasteiger partial charge is 0.348 e. The van der Waals surface area contributed by atoms with Crippen molar-refractivity contribution in [3.63, 3.8) is 0 Å². The molecule has 2 aromatic heterocycles. The summed E-state index contributed by atoms with van der Waals surface area (Å²) in [7, 11) is 0. The van der Waals surface area contributed by atoms with E-state index >= 15 is 0 Å². The van der Waals surface area contributed by atoms with Crippen LogP contribution in [0.15, 0.2) is 48.8 Å². The minimum absolute atomic E-state index is 0. The second-order valence-electron chi connectivity index (χ2n) is 6.08. The summed E-state index contributed by atoms with van der Waals surface area (Å²) in [4.78, 5) is 23.7. The third-order valence-corrected chi connectivity index (χ3v) is 4.03. The molecule has 0 atom stereocenters. The van der Waals surface area contributed by atoms with Crippen LogP contribution in [0, 0.1) is 6.92 Å². The van der Waals surface area contributed by atoms with Crippen LogP contribution < -0.4 is 10.6 Å². The number of nitrogens with one attached hydrogen (secondary N) is 2. The summed E-state index contributed by atoms with van der Waals surface area (Å²) in [5.74, 6) is -1.23. The topological polar surface area (TPSA) is 79.8 Å². The number of aromatic nitrogens is 3. The van der Waals surface area contributed by atoms with Gasteiger partial charge in [-0.25, -0.2) is 9.97 Å². The Morgan fingerprint density at radius 2 is 1.93 bits per heavy atom. The molecule has 0 aliphatic rings. The van der Waals surface area contributed by atoms with Crippen molar-refractivity contribution < 1.29 is 18.0 Å². The predicted octanol–water partition coefficient (Wildman–Crippen LogP) is 4.95. The second-order valence-corrected chi connectivity index (χ2v) is 6.51. The number of amides is 1. The summed E-state index contributed by atoms with van der Waals surface area (Å²) >= 11 is 5.86. The highest BCUT2D eigenvalue weighted by atomic mass is 35.5. The van der Waals surface area contributed by atoms with E-state index in [4.69, 9.17) is 11.6 Å². The van der Waals surface area contributed by atoms with Crippen molar-refractivity contribution in [2.24, 2.45) is 0 Å². The molecular formula is C19H16Cl2F3N5O. The fourth-order valence-corrected chi connectivity index (χ4v) is 2.70. The largest absolute Gasteiger partial charge is 0.434 e. The number of nitrogens with zero attached hydrogens (tertiary/aromatic N) is 3. The maximum absolute atomic E-state index is 13.5. The fraction of sp³-hybridized carbons (Fsp3) is 0.158. The quantitative estimate of drug-likeness (QED) is 0.566. The number of pyridine rings is 1. The molecule has 11 heteroatoms. The fourth-order valence-electron chi connectivity index (χ4n) is 2.51. The first-order chi connectivity index (χ1) is 13.7. The molecule has 0 aliphatic carbocycles. The molecule has 6 nitrogen and oxygen atoms in total. The van der Waals surface area contributed by atoms with Crippen molar-refractivity contribution in [2.45, 2.75) is 19.6 Å². The Bertz CT molecular complexity index is 1050. The van der Waals surface area contributed by atoms with Gasteiger partial charge in [-0.2, -0.15) is 13.2 Å². The summed E-state index contributed by atoms with van der Waals surface area (Å²) < 4.78 is 40.4. The normalized spacial score (nSPS) is 10.8. The maximum Gasteiger partial charge on any atom is 0.434 e. The Morgan fingerprint density at radius 1 is 1.17 bits per heavy atom. The molecule has 3 rings (SSSR count). The van der Waals surface area contributed by atoms with Crippen LogP contribution in [0.2, 0.25) is 5.02 Å². The van der Waals surface area contributed by atoms with Crippen molar-refractivity contribution in [1.29, 1.82) is 0 Å². The number of benzene rings is 1. The van der Waals surface area contributed by atoms with Gasteiger partial charge in [-0.1, -0.05) is 17.7 Å². The molecular weight excluding hydrogens is 442 g/mol. The highest BCUT2D eigenvalue weighted by Gasteiger charge is 2.38. The van der Waals surface area contributed by atoms with Gasteiger partial charge in [0.2, 0.25) is 5.95 Å². The molecule has 0 aliphatic heterocycles. The summed E-state index contributed by atoms with van der Waals surface area (Å²) in [5, 5.41) is 5.49. The zero-order valence-corrected chi connectivity index (χ0v) is 17.1. The van der Waals surface area contributed by atoms with E-state index in [1.54, 1.807) is 43.5 Å². The summed E-state index contributed by atoms with van der Waals surface area (Å²) in [6.45, 7) is 1.81. The van der Waals surface area contributed by atoms with E-state index in [0.29, 0.717) is 16.3 Å². The van der Waals surface area contributed by atoms with Gasteiger partial charge in [0, 0.05) is 35.3 Å². The van der Waals surface area contributed by atoms with E-state index in [0.717, 1.165) is 11.9 Å². The minimum Gasteiger partial charge on any atom is -0.348 e. The van der Waals surface area contributed by atoms with Gasteiger partial charge in [0.05, 0.1) is 5.56 Å². The van der Waals surface area contributed by atoms with Crippen LogP contribution in [-0.4, -0.2) is 20.9 Å². The molecule has 0 spiro atoms. The number of carbonyl (C=O) groups excluding carboxylic acids is 1. The van der Waals surface area contributed by atoms with Crippen molar-refractivity contribution >= 4 is 41.6 Å². The molecule has 158 valence electrons. The zero-order valence-electron chi connectivity index (χ0n) is 15.5. The number of aryl methyl sites for hydroxylation is 1. The monoisotopic (exact) mass is 457 g/mol. The van der Waals surface area contributed by atoms with Crippen LogP contribution in [0.1, 0.15) is 27.3 Å². The van der Waals surface area contributed by atoms with Gasteiger partial charge in [-0.05, 0) is 42.8 Å². The lowest BCUT2D eigenvalue weighted by Gasteiger charge is -2.14. The lowest BCUT2D eigenvalue weighted by molar-refractivity contribution is -0.141. The average molecular weight is 458 g/mol. The SMILES string of the molecule is Cc1cc(CNC(=O)c2cnc(Nc3cccc(Cl)c3)nc2C(F)(F)F)ccn1.Cl. The number of rotatable bonds is 5. The van der Waals surface area contributed by atoms with Crippen LogP contribution >= 0.6 is 24.0 Å². The molecule has 0 unspecified atom stereocenters. The number of anilines is 2. The molecule has 3 aromatic rings. The first-order valence-electron chi connectivity index (χ1n) is 8.39. The van der Waals surface area contributed by atoms with E-state index in [1.165, 1.54) is 6.07 Å². The summed E-state index contributed by atoms with van der Waals surface area (Å²) in [6.07, 6.45) is -2.44. The summed E-state index contributed by atoms with van der Waals surface area (Å²) in [5.41, 5.74) is -0.150. The molecule has 0 radical (unpaired) electrons. The maximum atomic E-state index is 13.5. The molecule has 0 bridgehead atoms. The molecule has 0 saturated carbocycles. The van der Waals surface area contributed by atoms with E-state index in [2.05, 4.69) is 25.6 Å². The Labute approximate surface area is 181 Å². The van der Waals surface area contributed by atoms with E-state index in [1.807, 2.05) is 0 Å². The second kappa shape index (κ2) is 9.73. The van der Waals surface area contributed by atoms with Crippen LogP contribution in [-0.2, 0) is 12.7 Å². The van der Waals surface area contributed by atoms with Crippen LogP contribution in [0.3, 0.4) is 0 Å². The number of halogens is 5. The van der Waals surface area contributed by atoms with Crippen molar-refractivity contribution in [2.75, 3.05) is 5.32 Å². The highest BCUT2D eigenvalue weighted by molar-refractivity contribution is 6.30. The Morgan fingerprint density at radius 3 is 2.60 bits per heavy atom. The molecule has 30 heavy (non-hydrogen) atoms.